The van der Waals surface area contributed by atoms with Crippen LogP contribution in [-0.2, 0) is 4.79 Å². The average molecular weight is 478 g/mol. The van der Waals surface area contributed by atoms with Gasteiger partial charge in [-0.25, -0.2) is 0 Å². The number of carbonyl (C=O) groups excluding carboxylic acids is 1. The van der Waals surface area contributed by atoms with Crippen molar-refractivity contribution in [2.45, 2.75) is 20.8 Å². The van der Waals surface area contributed by atoms with Gasteiger partial charge < -0.3 is 4.57 Å². The van der Waals surface area contributed by atoms with Gasteiger partial charge in [0.2, 0.25) is 5.17 Å². The minimum atomic E-state index is -0.439. The van der Waals surface area contributed by atoms with Crippen LogP contribution in [0.25, 0.3) is 11.8 Å². The Morgan fingerprint density at radius 3 is 2.73 bits per heavy atom. The molecule has 1 aromatic carbocycles. The van der Waals surface area contributed by atoms with E-state index in [1.807, 2.05) is 37.5 Å². The first-order valence-electron chi connectivity index (χ1n) is 9.07. The molecule has 0 saturated carbocycles. The van der Waals surface area contributed by atoms with Crippen LogP contribution in [0.5, 0.6) is 0 Å². The van der Waals surface area contributed by atoms with E-state index in [0.717, 1.165) is 32.8 Å². The number of aliphatic imine (C=N–C) groups is 1. The molecule has 2 aromatic rings. The van der Waals surface area contributed by atoms with Gasteiger partial charge in [0, 0.05) is 16.4 Å². The highest BCUT2D eigenvalue weighted by Crippen LogP contribution is 2.34. The third-order valence-corrected chi connectivity index (χ3v) is 7.09. The smallest absolute Gasteiger partial charge is 0.283 e. The lowest BCUT2D eigenvalue weighted by atomic mass is 10.1. The van der Waals surface area contributed by atoms with Gasteiger partial charge in [-0.15, -0.1) is 5.10 Å². The Labute approximate surface area is 192 Å². The van der Waals surface area contributed by atoms with Gasteiger partial charge in [-0.05, 0) is 67.3 Å². The minimum absolute atomic E-state index is 0.0264. The Morgan fingerprint density at radius 1 is 1.27 bits per heavy atom. The summed E-state index contributed by atoms with van der Waals surface area (Å²) in [5.41, 5.74) is 3.64. The van der Waals surface area contributed by atoms with E-state index in [0.29, 0.717) is 15.2 Å². The lowest BCUT2D eigenvalue weighted by Gasteiger charge is -2.20. The number of aromatic nitrogens is 1. The summed E-state index contributed by atoms with van der Waals surface area (Å²) in [6.45, 7) is 5.92. The molecule has 1 aromatic heterocycles. The molecule has 3 heterocycles. The van der Waals surface area contributed by atoms with Gasteiger partial charge in [-0.1, -0.05) is 41.9 Å². The first-order valence-corrected chi connectivity index (χ1v) is 11.6. The molecule has 0 aliphatic carbocycles. The lowest BCUT2D eigenvalue weighted by Crippen LogP contribution is -2.35. The average Bonchev–Trinajstić information content (AvgIpc) is 3.20. The van der Waals surface area contributed by atoms with Crippen LogP contribution in [-0.4, -0.2) is 36.6 Å². The van der Waals surface area contributed by atoms with Gasteiger partial charge in [0.15, 0.2) is 10.2 Å². The Balaban J connectivity index is 1.74. The molecule has 2 aliphatic heterocycles. The van der Waals surface area contributed by atoms with Gasteiger partial charge >= 0.3 is 0 Å². The van der Waals surface area contributed by atoms with E-state index >= 15 is 0 Å². The van der Waals surface area contributed by atoms with Crippen LogP contribution in [0.2, 0.25) is 10.0 Å². The van der Waals surface area contributed by atoms with Crippen LogP contribution in [0.3, 0.4) is 0 Å². The summed E-state index contributed by atoms with van der Waals surface area (Å²) in [6.07, 6.45) is 1.69. The largest absolute Gasteiger partial charge is 0.316 e. The zero-order valence-electron chi connectivity index (χ0n) is 16.4. The van der Waals surface area contributed by atoms with Crippen LogP contribution in [0.1, 0.15) is 23.9 Å². The highest BCUT2D eigenvalue weighted by Gasteiger charge is 2.35. The number of benzene rings is 1. The van der Waals surface area contributed by atoms with Crippen molar-refractivity contribution in [2.24, 2.45) is 10.1 Å². The summed E-state index contributed by atoms with van der Waals surface area (Å²) in [7, 11) is 0. The number of amidine groups is 2. The van der Waals surface area contributed by atoms with Crippen LogP contribution < -0.4 is 0 Å². The molecule has 154 valence electrons. The molecule has 6 nitrogen and oxygen atoms in total. The van der Waals surface area contributed by atoms with Crippen molar-refractivity contribution in [3.63, 3.8) is 0 Å². The predicted octanol–water partition coefficient (Wildman–Crippen LogP) is 5.73. The fourth-order valence-corrected chi connectivity index (χ4v) is 5.60. The second-order valence-corrected chi connectivity index (χ2v) is 9.89. The van der Waals surface area contributed by atoms with Crippen molar-refractivity contribution < 1.29 is 4.79 Å². The molecule has 0 saturated heterocycles. The van der Waals surface area contributed by atoms with Gasteiger partial charge in [0.1, 0.15) is 0 Å². The van der Waals surface area contributed by atoms with Gasteiger partial charge in [-0.3, -0.25) is 10.2 Å². The Bertz CT molecular complexity index is 1180. The van der Waals surface area contributed by atoms with Crippen LogP contribution >= 0.6 is 46.7 Å². The molecular formula is C20H17Cl2N5OS2. The van der Waals surface area contributed by atoms with Crippen molar-refractivity contribution >= 4 is 74.1 Å². The number of rotatable bonds is 3. The summed E-state index contributed by atoms with van der Waals surface area (Å²) < 4.78 is 2.78. The summed E-state index contributed by atoms with van der Waals surface area (Å²) in [4.78, 5) is 16.8. The number of carbonyl (C=O) groups is 1. The molecule has 30 heavy (non-hydrogen) atoms. The van der Waals surface area contributed by atoms with Crippen molar-refractivity contribution in [3.05, 3.63) is 56.8 Å². The number of nitrogens with zero attached hydrogens (tertiary/aromatic N) is 4. The number of halogens is 2. The third-order valence-electron chi connectivity index (χ3n) is 4.62. The fourth-order valence-electron chi connectivity index (χ4n) is 3.28. The lowest BCUT2D eigenvalue weighted by molar-refractivity contribution is -0.114. The van der Waals surface area contributed by atoms with Crippen molar-refractivity contribution in [1.82, 2.24) is 9.58 Å². The second kappa shape index (κ2) is 8.26. The van der Waals surface area contributed by atoms with Gasteiger partial charge in [0.25, 0.3) is 5.91 Å². The molecule has 0 fully saturated rings. The zero-order valence-corrected chi connectivity index (χ0v) is 19.5. The zero-order chi connectivity index (χ0) is 21.6. The number of hydrazone groups is 1. The first-order chi connectivity index (χ1) is 14.3. The monoisotopic (exact) mass is 477 g/mol. The maximum absolute atomic E-state index is 12.6. The quantitative estimate of drug-likeness (QED) is 0.572. The molecule has 10 heteroatoms. The maximum Gasteiger partial charge on any atom is 0.283 e. The molecule has 1 N–H and O–H groups in total. The molecule has 0 radical (unpaired) electrons. The molecule has 2 aliphatic rings. The van der Waals surface area contributed by atoms with Gasteiger partial charge in [0.05, 0.1) is 16.3 Å². The first kappa shape index (κ1) is 21.2. The number of aryl methyl sites for hydroxylation is 1. The van der Waals surface area contributed by atoms with Gasteiger partial charge in [-0.2, -0.15) is 10.0 Å². The molecule has 4 rings (SSSR count). The third kappa shape index (κ3) is 3.73. The summed E-state index contributed by atoms with van der Waals surface area (Å²) in [5.74, 6) is 0.445. The number of hydrogen-bond acceptors (Lipinski definition) is 5. The van der Waals surface area contributed by atoms with E-state index in [1.165, 1.54) is 16.8 Å². The van der Waals surface area contributed by atoms with E-state index in [2.05, 4.69) is 10.1 Å². The second-order valence-electron chi connectivity index (χ2n) is 6.58. The molecule has 0 bridgehead atoms. The normalized spacial score (nSPS) is 17.5. The molecule has 0 unspecified atom stereocenters. The number of nitrogens with one attached hydrogen (secondary N) is 1. The number of fused-ring (bicyclic) bond motifs is 1. The predicted molar refractivity (Wildman–Crippen MR) is 128 cm³/mol. The van der Waals surface area contributed by atoms with E-state index in [1.54, 1.807) is 30.0 Å². The van der Waals surface area contributed by atoms with E-state index in [-0.39, 0.29) is 11.4 Å². The summed E-state index contributed by atoms with van der Waals surface area (Å²) in [5, 5.41) is 15.9. The Morgan fingerprint density at radius 2 is 2.03 bits per heavy atom. The number of amides is 1. The Hall–Kier alpha value is -2.00. The fraction of sp³-hybridized carbons (Fsp3) is 0.200. The molecule has 0 spiro atoms. The van der Waals surface area contributed by atoms with Crippen LogP contribution in [0, 0.1) is 19.3 Å². The van der Waals surface area contributed by atoms with Crippen LogP contribution in [0.15, 0.2) is 39.9 Å². The maximum atomic E-state index is 12.6. The number of thioether (sulfide) groups is 2. The minimum Gasteiger partial charge on any atom is -0.316 e. The highest BCUT2D eigenvalue weighted by atomic mass is 35.5. The highest BCUT2D eigenvalue weighted by molar-refractivity contribution is 8.45. The summed E-state index contributed by atoms with van der Waals surface area (Å²) in [6, 6.07) is 7.29. The van der Waals surface area contributed by atoms with Crippen molar-refractivity contribution in [2.75, 3.05) is 5.75 Å². The molecule has 0 atom stereocenters. The van der Waals surface area contributed by atoms with Crippen molar-refractivity contribution in [3.8, 4) is 5.69 Å². The van der Waals surface area contributed by atoms with E-state index < -0.39 is 5.91 Å². The van der Waals surface area contributed by atoms with Crippen molar-refractivity contribution in [1.29, 1.82) is 5.41 Å². The van der Waals surface area contributed by atoms with E-state index in [4.69, 9.17) is 28.6 Å². The topological polar surface area (TPSA) is 73.8 Å². The standard InChI is InChI=1S/C20H17Cl2N5OS2/c1-4-29-20-25-27-17(23)14(18(28)24-19(27)30-20)8-12-7-10(2)26(11(12)3)16-6-5-13(21)9-15(16)22/h5-9,23H,4H2,1-3H3. The SMILES string of the molecule is CCSC1=NN2C(=N)C(=Cc3cc(C)n(-c4ccc(Cl)cc4Cl)c3C)C(=O)N=C2S1. The van der Waals surface area contributed by atoms with Crippen LogP contribution in [0.4, 0.5) is 0 Å². The molecular weight excluding hydrogens is 461 g/mol. The van der Waals surface area contributed by atoms with E-state index in [9.17, 15) is 4.79 Å². The molecule has 1 amide bonds. The number of hydrogen-bond donors (Lipinski definition) is 1. The Kier molecular flexibility index (Phi) is 5.85. The summed E-state index contributed by atoms with van der Waals surface area (Å²) >= 11 is 15.3.